The van der Waals surface area contributed by atoms with Crippen molar-refractivity contribution in [3.8, 4) is 0 Å². The highest BCUT2D eigenvalue weighted by molar-refractivity contribution is 7.09. The van der Waals surface area contributed by atoms with Gasteiger partial charge in [-0.1, -0.05) is 18.2 Å². The molecule has 0 aliphatic heterocycles. The predicted octanol–water partition coefficient (Wildman–Crippen LogP) is 3.18. The van der Waals surface area contributed by atoms with Crippen molar-refractivity contribution in [2.45, 2.75) is 19.8 Å². The average molecular weight is 177 g/mol. The van der Waals surface area contributed by atoms with Gasteiger partial charge in [-0.15, -0.1) is 11.3 Å². The van der Waals surface area contributed by atoms with E-state index in [-0.39, 0.29) is 0 Å². The molecule has 1 aromatic rings. The van der Waals surface area contributed by atoms with Crippen LogP contribution in [-0.2, 0) is 0 Å². The van der Waals surface area contributed by atoms with Crippen LogP contribution in [0, 0.1) is 6.92 Å². The number of thiazole rings is 1. The van der Waals surface area contributed by atoms with E-state index in [1.165, 1.54) is 12.0 Å². The van der Waals surface area contributed by atoms with E-state index >= 15 is 0 Å². The molecule has 0 spiro atoms. The van der Waals surface area contributed by atoms with Gasteiger partial charge >= 0.3 is 0 Å². The van der Waals surface area contributed by atoms with Crippen LogP contribution in [0.5, 0.6) is 0 Å². The zero-order valence-corrected chi connectivity index (χ0v) is 7.90. The molecule has 0 saturated carbocycles. The zero-order chi connectivity index (χ0) is 8.39. The molecular weight excluding hydrogens is 166 g/mol. The Morgan fingerprint density at radius 1 is 1.42 bits per heavy atom. The summed E-state index contributed by atoms with van der Waals surface area (Å²) in [5, 5.41) is 3.27. The predicted molar refractivity (Wildman–Crippen MR) is 53.2 cm³/mol. The fourth-order valence-corrected chi connectivity index (χ4v) is 1.92. The Morgan fingerprint density at radius 2 is 2.33 bits per heavy atom. The first-order chi connectivity index (χ1) is 5.86. The molecule has 0 radical (unpaired) electrons. The first-order valence-electron chi connectivity index (χ1n) is 4.15. The highest BCUT2D eigenvalue weighted by atomic mass is 32.1. The number of rotatable bonds is 1. The zero-order valence-electron chi connectivity index (χ0n) is 7.08. The van der Waals surface area contributed by atoms with E-state index in [1.807, 2.05) is 6.92 Å². The summed E-state index contributed by atoms with van der Waals surface area (Å²) in [7, 11) is 0. The van der Waals surface area contributed by atoms with Gasteiger partial charge in [0.2, 0.25) is 0 Å². The SMILES string of the molecule is Cc1nc(C2=CCCC=C2)cs1. The number of aromatic nitrogens is 1. The van der Waals surface area contributed by atoms with Crippen molar-refractivity contribution in [3.63, 3.8) is 0 Å². The van der Waals surface area contributed by atoms with Crippen molar-refractivity contribution in [2.75, 3.05) is 0 Å². The van der Waals surface area contributed by atoms with E-state index < -0.39 is 0 Å². The molecule has 1 nitrogen and oxygen atoms in total. The van der Waals surface area contributed by atoms with Gasteiger partial charge in [-0.2, -0.15) is 0 Å². The van der Waals surface area contributed by atoms with Crippen molar-refractivity contribution in [2.24, 2.45) is 0 Å². The summed E-state index contributed by atoms with van der Waals surface area (Å²) in [6, 6.07) is 0. The Hall–Kier alpha value is -0.890. The van der Waals surface area contributed by atoms with Crippen LogP contribution in [-0.4, -0.2) is 4.98 Å². The minimum absolute atomic E-state index is 1.13. The van der Waals surface area contributed by atoms with Gasteiger partial charge in [-0.05, 0) is 25.3 Å². The summed E-state index contributed by atoms with van der Waals surface area (Å²) in [5.41, 5.74) is 2.42. The molecule has 0 fully saturated rings. The second-order valence-corrected chi connectivity index (χ2v) is 3.95. The van der Waals surface area contributed by atoms with Crippen LogP contribution in [0.1, 0.15) is 23.5 Å². The van der Waals surface area contributed by atoms with E-state index in [4.69, 9.17) is 0 Å². The molecule has 1 aliphatic carbocycles. The Labute approximate surface area is 76.5 Å². The van der Waals surface area contributed by atoms with Crippen LogP contribution in [0.15, 0.2) is 23.6 Å². The van der Waals surface area contributed by atoms with Crippen molar-refractivity contribution in [3.05, 3.63) is 34.3 Å². The molecular formula is C10H11NS. The molecule has 0 unspecified atom stereocenters. The largest absolute Gasteiger partial charge is 0.242 e. The number of allylic oxidation sites excluding steroid dienone is 4. The lowest BCUT2D eigenvalue weighted by Crippen LogP contribution is -1.85. The third-order valence-corrected chi connectivity index (χ3v) is 2.68. The van der Waals surface area contributed by atoms with Gasteiger partial charge in [0, 0.05) is 5.38 Å². The molecule has 1 aromatic heterocycles. The van der Waals surface area contributed by atoms with Gasteiger partial charge in [0.15, 0.2) is 0 Å². The lowest BCUT2D eigenvalue weighted by atomic mass is 10.1. The number of hydrogen-bond donors (Lipinski definition) is 0. The van der Waals surface area contributed by atoms with Crippen LogP contribution in [0.2, 0.25) is 0 Å². The first-order valence-corrected chi connectivity index (χ1v) is 5.03. The topological polar surface area (TPSA) is 12.9 Å². The fourth-order valence-electron chi connectivity index (χ4n) is 1.30. The van der Waals surface area contributed by atoms with E-state index in [0.717, 1.165) is 17.1 Å². The second kappa shape index (κ2) is 3.23. The molecule has 2 rings (SSSR count). The molecule has 62 valence electrons. The van der Waals surface area contributed by atoms with E-state index in [1.54, 1.807) is 11.3 Å². The van der Waals surface area contributed by atoms with Crippen LogP contribution >= 0.6 is 11.3 Å². The highest BCUT2D eigenvalue weighted by Gasteiger charge is 2.03. The normalized spacial score (nSPS) is 16.2. The maximum Gasteiger partial charge on any atom is 0.0901 e. The standard InChI is InChI=1S/C10H11NS/c1-8-11-10(7-12-8)9-5-3-2-4-6-9/h3,5-7H,2,4H2,1H3. The van der Waals surface area contributed by atoms with Crippen LogP contribution in [0.25, 0.3) is 5.57 Å². The summed E-state index contributed by atoms with van der Waals surface area (Å²) in [5.74, 6) is 0. The third-order valence-electron chi connectivity index (χ3n) is 1.91. The van der Waals surface area contributed by atoms with E-state index in [2.05, 4.69) is 28.6 Å². The monoisotopic (exact) mass is 177 g/mol. The van der Waals surface area contributed by atoms with E-state index in [9.17, 15) is 0 Å². The molecule has 1 heterocycles. The average Bonchev–Trinajstić information content (AvgIpc) is 2.54. The highest BCUT2D eigenvalue weighted by Crippen LogP contribution is 2.22. The lowest BCUT2D eigenvalue weighted by molar-refractivity contribution is 1.04. The number of hydrogen-bond acceptors (Lipinski definition) is 2. The Morgan fingerprint density at radius 3 is 2.92 bits per heavy atom. The summed E-state index contributed by atoms with van der Waals surface area (Å²) in [6.45, 7) is 2.04. The molecule has 2 heteroatoms. The fraction of sp³-hybridized carbons (Fsp3) is 0.300. The minimum Gasteiger partial charge on any atom is -0.242 e. The van der Waals surface area contributed by atoms with Gasteiger partial charge in [-0.25, -0.2) is 4.98 Å². The van der Waals surface area contributed by atoms with Gasteiger partial charge in [0.25, 0.3) is 0 Å². The van der Waals surface area contributed by atoms with Gasteiger partial charge < -0.3 is 0 Å². The molecule has 0 atom stereocenters. The van der Waals surface area contributed by atoms with Crippen LogP contribution in [0.4, 0.5) is 0 Å². The second-order valence-electron chi connectivity index (χ2n) is 2.89. The summed E-state index contributed by atoms with van der Waals surface area (Å²) >= 11 is 1.71. The van der Waals surface area contributed by atoms with E-state index in [0.29, 0.717) is 0 Å². The van der Waals surface area contributed by atoms with Crippen molar-refractivity contribution in [1.82, 2.24) is 4.98 Å². The summed E-state index contributed by atoms with van der Waals surface area (Å²) < 4.78 is 0. The molecule has 0 saturated heterocycles. The number of aryl methyl sites for hydroxylation is 1. The maximum atomic E-state index is 4.43. The first kappa shape index (κ1) is 7.74. The molecule has 0 N–H and O–H groups in total. The molecule has 1 aliphatic rings. The molecule has 12 heavy (non-hydrogen) atoms. The maximum absolute atomic E-state index is 4.43. The number of nitrogens with zero attached hydrogens (tertiary/aromatic N) is 1. The van der Waals surface area contributed by atoms with Crippen molar-refractivity contribution in [1.29, 1.82) is 0 Å². The summed E-state index contributed by atoms with van der Waals surface area (Å²) in [4.78, 5) is 4.43. The Bertz CT molecular complexity index is 333. The van der Waals surface area contributed by atoms with Crippen LogP contribution < -0.4 is 0 Å². The van der Waals surface area contributed by atoms with Crippen molar-refractivity contribution >= 4 is 16.9 Å². The smallest absolute Gasteiger partial charge is 0.0901 e. The third kappa shape index (κ3) is 1.48. The molecule has 0 bridgehead atoms. The van der Waals surface area contributed by atoms with Gasteiger partial charge in [0.05, 0.1) is 10.7 Å². The molecule has 0 amide bonds. The Kier molecular flexibility index (Phi) is 2.09. The van der Waals surface area contributed by atoms with Crippen molar-refractivity contribution < 1.29 is 0 Å². The van der Waals surface area contributed by atoms with Gasteiger partial charge in [0.1, 0.15) is 0 Å². The quantitative estimate of drug-likeness (QED) is 0.642. The van der Waals surface area contributed by atoms with Gasteiger partial charge in [-0.3, -0.25) is 0 Å². The molecule has 0 aromatic carbocycles. The van der Waals surface area contributed by atoms with Crippen LogP contribution in [0.3, 0.4) is 0 Å². The summed E-state index contributed by atoms with van der Waals surface area (Å²) in [6.07, 6.45) is 8.96. The lowest BCUT2D eigenvalue weighted by Gasteiger charge is -2.02. The minimum atomic E-state index is 1.13. The Balaban J connectivity index is 2.30.